The van der Waals surface area contributed by atoms with Crippen molar-refractivity contribution in [1.82, 2.24) is 0 Å². The summed E-state index contributed by atoms with van der Waals surface area (Å²) >= 11 is 0. The van der Waals surface area contributed by atoms with E-state index in [9.17, 15) is 55.2 Å². The van der Waals surface area contributed by atoms with Gasteiger partial charge in [0.05, 0.1) is 20.3 Å². The predicted molar refractivity (Wildman–Crippen MR) is 166 cm³/mol. The van der Waals surface area contributed by atoms with E-state index in [-0.39, 0.29) is 28.2 Å². The molecule has 0 unspecified atom stereocenters. The quantitative estimate of drug-likeness (QED) is 0.0831. The van der Waals surface area contributed by atoms with E-state index in [1.54, 1.807) is 0 Å². The number of phenolic OH excluding ortho intramolecular Hbond substituents is 1. The number of aromatic hydroxyl groups is 1. The smallest absolute Gasteiger partial charge is 0.308 e. The van der Waals surface area contributed by atoms with E-state index in [0.29, 0.717) is 0 Å². The number of ether oxygens (including phenoxy) is 7. The third-order valence-electron chi connectivity index (χ3n) is 8.06. The van der Waals surface area contributed by atoms with Crippen molar-refractivity contribution in [2.24, 2.45) is 0 Å². The minimum Gasteiger partial charge on any atom is -0.504 e. The van der Waals surface area contributed by atoms with Crippen LogP contribution < -0.4 is 24.4 Å². The second kappa shape index (κ2) is 15.5. The van der Waals surface area contributed by atoms with E-state index in [1.165, 1.54) is 25.3 Å². The van der Waals surface area contributed by atoms with E-state index < -0.39 is 115 Å². The van der Waals surface area contributed by atoms with Gasteiger partial charge in [0.2, 0.25) is 12.0 Å². The topological polar surface area (TPSA) is 291 Å². The maximum Gasteiger partial charge on any atom is 0.308 e. The molecule has 8 N–H and O–H groups in total. The van der Waals surface area contributed by atoms with Crippen molar-refractivity contribution in [2.75, 3.05) is 20.3 Å². The van der Waals surface area contributed by atoms with Crippen LogP contribution in [0.4, 0.5) is 0 Å². The van der Waals surface area contributed by atoms with Crippen molar-refractivity contribution < 1.29 is 88.0 Å². The van der Waals surface area contributed by atoms with Crippen LogP contribution in [-0.2, 0) is 23.8 Å². The van der Waals surface area contributed by atoms with Gasteiger partial charge in [-0.1, -0.05) is 0 Å². The molecule has 0 radical (unpaired) electrons. The van der Waals surface area contributed by atoms with Gasteiger partial charge >= 0.3 is 11.9 Å². The molecule has 2 saturated heterocycles. The van der Waals surface area contributed by atoms with Crippen LogP contribution >= 0.6 is 0 Å². The maximum absolute atomic E-state index is 13.6. The molecule has 3 aromatic rings. The molecule has 10 atom stereocenters. The van der Waals surface area contributed by atoms with Crippen LogP contribution in [0.2, 0.25) is 0 Å². The fourth-order valence-electron chi connectivity index (χ4n) is 5.55. The number of fused-ring (bicyclic) bond motifs is 1. The Balaban J connectivity index is 1.66. The summed E-state index contributed by atoms with van der Waals surface area (Å²) in [4.78, 5) is 38.1. The monoisotopic (exact) mass is 724 g/mol. The third-order valence-corrected chi connectivity index (χ3v) is 8.06. The number of aliphatic hydroxyl groups is 7. The minimum absolute atomic E-state index is 0.0206. The average molecular weight is 725 g/mol. The minimum atomic E-state index is -1.98. The highest BCUT2D eigenvalue weighted by Gasteiger charge is 2.51. The van der Waals surface area contributed by atoms with Gasteiger partial charge in [0.15, 0.2) is 40.7 Å². The molecule has 2 fully saturated rings. The molecule has 0 bridgehead atoms. The Labute approximate surface area is 287 Å². The van der Waals surface area contributed by atoms with E-state index in [0.717, 1.165) is 26.0 Å². The summed E-state index contributed by atoms with van der Waals surface area (Å²) < 4.78 is 44.6. The number of hydrogen-bond donors (Lipinski definition) is 8. The summed E-state index contributed by atoms with van der Waals surface area (Å²) in [6.07, 6.45) is -18.1. The number of aliphatic hydroxyl groups excluding tert-OH is 7. The zero-order valence-corrected chi connectivity index (χ0v) is 27.1. The zero-order valence-electron chi connectivity index (χ0n) is 27.1. The first-order valence-corrected chi connectivity index (χ1v) is 15.3. The van der Waals surface area contributed by atoms with Gasteiger partial charge in [-0.3, -0.25) is 14.4 Å². The second-order valence-electron chi connectivity index (χ2n) is 11.6. The Hall–Kier alpha value is -4.41. The number of hydrogen-bond acceptors (Lipinski definition) is 19. The number of benzene rings is 2. The van der Waals surface area contributed by atoms with Crippen LogP contribution in [0.1, 0.15) is 13.8 Å². The first-order valence-electron chi connectivity index (χ1n) is 15.3. The summed E-state index contributed by atoms with van der Waals surface area (Å²) in [7, 11) is 1.29. The van der Waals surface area contributed by atoms with Crippen LogP contribution in [0.3, 0.4) is 0 Å². The van der Waals surface area contributed by atoms with E-state index >= 15 is 0 Å². The van der Waals surface area contributed by atoms with Gasteiger partial charge in [-0.25, -0.2) is 0 Å². The number of esters is 2. The highest BCUT2D eigenvalue weighted by atomic mass is 16.8. The Kier molecular flexibility index (Phi) is 11.5. The zero-order chi connectivity index (χ0) is 37.3. The van der Waals surface area contributed by atoms with Crippen molar-refractivity contribution in [3.8, 4) is 40.1 Å². The summed E-state index contributed by atoms with van der Waals surface area (Å²) in [5.41, 5.74) is -1.06. The Morgan fingerprint density at radius 2 is 1.39 bits per heavy atom. The molecule has 0 amide bonds. The molecule has 2 aromatic carbocycles. The Bertz CT molecular complexity index is 1810. The number of carbonyl (C=O) groups is 2. The molecule has 0 saturated carbocycles. The maximum atomic E-state index is 13.6. The van der Waals surface area contributed by atoms with E-state index in [1.807, 2.05) is 0 Å². The lowest BCUT2D eigenvalue weighted by Gasteiger charge is -2.45. The Morgan fingerprint density at radius 1 is 0.765 bits per heavy atom. The fourth-order valence-corrected chi connectivity index (χ4v) is 5.55. The molecular formula is C32H36O19. The molecular weight excluding hydrogens is 688 g/mol. The molecule has 3 heterocycles. The van der Waals surface area contributed by atoms with Crippen LogP contribution in [0.15, 0.2) is 39.5 Å². The van der Waals surface area contributed by atoms with Crippen molar-refractivity contribution >= 4 is 22.9 Å². The van der Waals surface area contributed by atoms with E-state index in [2.05, 4.69) is 0 Å². The summed E-state index contributed by atoms with van der Waals surface area (Å²) in [5, 5.41) is 81.9. The predicted octanol–water partition coefficient (Wildman–Crippen LogP) is -1.97. The molecule has 1 aromatic heterocycles. The van der Waals surface area contributed by atoms with Crippen LogP contribution in [0, 0.1) is 0 Å². The lowest BCUT2D eigenvalue weighted by molar-refractivity contribution is -0.357. The first-order chi connectivity index (χ1) is 24.2. The second-order valence-corrected chi connectivity index (χ2v) is 11.6. The van der Waals surface area contributed by atoms with Crippen LogP contribution in [0.25, 0.3) is 22.3 Å². The van der Waals surface area contributed by atoms with Crippen molar-refractivity contribution in [3.63, 3.8) is 0 Å². The molecule has 5 rings (SSSR count). The molecule has 2 aliphatic heterocycles. The third kappa shape index (κ3) is 7.62. The molecule has 19 nitrogen and oxygen atoms in total. The average Bonchev–Trinajstić information content (AvgIpc) is 3.08. The summed E-state index contributed by atoms with van der Waals surface area (Å²) in [6, 6.07) is 6.00. The van der Waals surface area contributed by atoms with Gasteiger partial charge in [0.1, 0.15) is 59.6 Å². The van der Waals surface area contributed by atoms with Crippen LogP contribution in [-0.4, -0.2) is 135 Å². The summed E-state index contributed by atoms with van der Waals surface area (Å²) in [6.45, 7) is 0.345. The highest BCUT2D eigenvalue weighted by Crippen LogP contribution is 2.44. The standard InChI is InChI=1S/C32H36O19/c1-11(35)45-18-8-19(28(46-12(2)36)29-22(18)15(38)7-16(47-29)13-4-5-14(37)17(6-13)44-3)48-32-30(26(42)24(40)21(10-34)50-32)51-31-27(43)25(41)23(39)20(9-33)49-31/h4-8,20-21,23-27,30-34,37,39-43H,9-10H2,1-3H3/t20-,21+,23-,24+,25-,26-,27+,30-,31-,32+/m1/s1. The molecule has 19 heteroatoms. The largest absolute Gasteiger partial charge is 0.504 e. The molecule has 0 aliphatic carbocycles. The highest BCUT2D eigenvalue weighted by molar-refractivity contribution is 5.95. The number of phenols is 1. The van der Waals surface area contributed by atoms with Crippen molar-refractivity contribution in [1.29, 1.82) is 0 Å². The lowest BCUT2D eigenvalue weighted by Crippen LogP contribution is -2.65. The fraction of sp³-hybridized carbons (Fsp3) is 0.469. The number of carbonyl (C=O) groups excluding carboxylic acids is 2. The molecule has 278 valence electrons. The first kappa shape index (κ1) is 37.8. The Morgan fingerprint density at radius 3 is 2.00 bits per heavy atom. The van der Waals surface area contributed by atoms with Crippen molar-refractivity contribution in [2.45, 2.75) is 75.3 Å². The van der Waals surface area contributed by atoms with Gasteiger partial charge in [-0.15, -0.1) is 0 Å². The normalized spacial score (nSPS) is 29.4. The number of methoxy groups -OCH3 is 1. The van der Waals surface area contributed by atoms with Gasteiger partial charge in [0.25, 0.3) is 0 Å². The van der Waals surface area contributed by atoms with Gasteiger partial charge < -0.3 is 78.4 Å². The van der Waals surface area contributed by atoms with E-state index in [4.69, 9.17) is 37.6 Å². The lowest BCUT2D eigenvalue weighted by atomic mass is 9.97. The van der Waals surface area contributed by atoms with Gasteiger partial charge in [-0.2, -0.15) is 0 Å². The SMILES string of the molecule is COc1cc(-c2cc(=O)c3c(OC(C)=O)cc(O[C@H]4O[C@@H](CO)[C@H](O)[C@@H](O)[C@H]4O[C@H]4O[C@H](CO)[C@@H](O)[C@@H](O)[C@@H]4O)c(OC(C)=O)c3o2)ccc1O. The van der Waals surface area contributed by atoms with Crippen molar-refractivity contribution in [3.05, 3.63) is 40.6 Å². The molecule has 0 spiro atoms. The van der Waals surface area contributed by atoms with Crippen LogP contribution in [0.5, 0.6) is 28.7 Å². The van der Waals surface area contributed by atoms with Gasteiger partial charge in [0, 0.05) is 31.5 Å². The molecule has 51 heavy (non-hydrogen) atoms. The molecule has 2 aliphatic rings. The summed E-state index contributed by atoms with van der Waals surface area (Å²) in [5.74, 6) is -3.75. The number of rotatable bonds is 10. The van der Waals surface area contributed by atoms with Gasteiger partial charge in [-0.05, 0) is 18.2 Å².